The number of hydrogen-bond acceptors (Lipinski definition) is 4. The van der Waals surface area contributed by atoms with Crippen LogP contribution in [0.4, 0.5) is 0 Å². The van der Waals surface area contributed by atoms with Crippen molar-refractivity contribution in [3.05, 3.63) is 36.0 Å². The molecule has 1 aromatic heterocycles. The summed E-state index contributed by atoms with van der Waals surface area (Å²) < 4.78 is 6.40. The van der Waals surface area contributed by atoms with Crippen molar-refractivity contribution in [1.82, 2.24) is 15.2 Å². The average molecular weight is 370 g/mol. The Morgan fingerprint density at radius 2 is 2.11 bits per heavy atom. The van der Waals surface area contributed by atoms with Gasteiger partial charge < -0.3 is 10.1 Å². The summed E-state index contributed by atoms with van der Waals surface area (Å²) in [4.78, 5) is 18.5. The van der Waals surface area contributed by atoms with Crippen LogP contribution in [0.1, 0.15) is 45.1 Å². The third-order valence-electron chi connectivity index (χ3n) is 5.12. The lowest BCUT2D eigenvalue weighted by molar-refractivity contribution is -0.122. The molecule has 0 atom stereocenters. The van der Waals surface area contributed by atoms with Crippen molar-refractivity contribution >= 4 is 16.8 Å². The Hall–Kier alpha value is -2.14. The zero-order valence-electron chi connectivity index (χ0n) is 16.5. The van der Waals surface area contributed by atoms with Crippen LogP contribution in [0, 0.1) is 0 Å². The van der Waals surface area contributed by atoms with E-state index >= 15 is 0 Å². The van der Waals surface area contributed by atoms with Gasteiger partial charge in [-0.1, -0.05) is 19.4 Å². The number of rotatable bonds is 8. The Bertz CT molecular complexity index is 754. The molecule has 2 aromatic rings. The molecule has 1 amide bonds. The summed E-state index contributed by atoms with van der Waals surface area (Å²) in [6.07, 6.45) is 7.33. The van der Waals surface area contributed by atoms with E-state index in [0.29, 0.717) is 13.1 Å². The standard InChI is InChI=1S/C22H31N3O2/c1-3-5-7-17-14-18-8-6-11-24-22(18)20(15-17)27-19-9-12-25(13-10-19)16-21(26)23-4-2/h6,8,11,14-15,19H,3-5,7,9-10,12-13,16H2,1-2H3,(H,23,26). The third-order valence-corrected chi connectivity index (χ3v) is 5.12. The first-order chi connectivity index (χ1) is 13.2. The number of ether oxygens (including phenoxy) is 1. The molecular formula is C22H31N3O2. The molecule has 27 heavy (non-hydrogen) atoms. The Labute approximate surface area is 162 Å². The number of likely N-dealkylation sites (N-methyl/N-ethyl adjacent to an activating group) is 1. The van der Waals surface area contributed by atoms with Crippen LogP contribution in [0.3, 0.4) is 0 Å². The van der Waals surface area contributed by atoms with Crippen LogP contribution in [0.25, 0.3) is 10.9 Å². The SMILES string of the molecule is CCCCc1cc(OC2CCN(CC(=O)NCC)CC2)c2ncccc2c1. The van der Waals surface area contributed by atoms with Crippen molar-refractivity contribution in [3.63, 3.8) is 0 Å². The molecule has 1 aromatic carbocycles. The number of piperidine rings is 1. The van der Waals surface area contributed by atoms with Gasteiger partial charge in [0.15, 0.2) is 0 Å². The molecule has 0 aliphatic carbocycles. The van der Waals surface area contributed by atoms with Crippen LogP contribution in [0.2, 0.25) is 0 Å². The van der Waals surface area contributed by atoms with E-state index < -0.39 is 0 Å². The van der Waals surface area contributed by atoms with Crippen molar-refractivity contribution in [2.24, 2.45) is 0 Å². The number of carbonyl (C=O) groups excluding carboxylic acids is 1. The first-order valence-electron chi connectivity index (χ1n) is 10.2. The number of carbonyl (C=O) groups is 1. The predicted octanol–water partition coefficient (Wildman–Crippen LogP) is 3.56. The number of nitrogens with one attached hydrogen (secondary N) is 1. The molecule has 1 aliphatic heterocycles. The first kappa shape index (κ1) is 19.6. The molecule has 1 saturated heterocycles. The van der Waals surface area contributed by atoms with Gasteiger partial charge in [-0.15, -0.1) is 0 Å². The minimum absolute atomic E-state index is 0.107. The van der Waals surface area contributed by atoms with E-state index in [-0.39, 0.29) is 12.0 Å². The summed E-state index contributed by atoms with van der Waals surface area (Å²) in [5, 5.41) is 4.01. The van der Waals surface area contributed by atoms with Gasteiger partial charge in [0, 0.05) is 31.2 Å². The Morgan fingerprint density at radius 3 is 2.85 bits per heavy atom. The normalized spacial score (nSPS) is 15.8. The Morgan fingerprint density at radius 1 is 1.30 bits per heavy atom. The van der Waals surface area contributed by atoms with Crippen LogP contribution in [0.5, 0.6) is 5.75 Å². The molecule has 146 valence electrons. The molecule has 1 aliphatic rings. The lowest BCUT2D eigenvalue weighted by Gasteiger charge is -2.31. The van der Waals surface area contributed by atoms with Crippen molar-refractivity contribution in [2.75, 3.05) is 26.2 Å². The van der Waals surface area contributed by atoms with Gasteiger partial charge in [0.25, 0.3) is 0 Å². The van der Waals surface area contributed by atoms with Crippen LogP contribution in [0.15, 0.2) is 30.5 Å². The Balaban J connectivity index is 1.65. The molecule has 1 N–H and O–H groups in total. The van der Waals surface area contributed by atoms with Crippen molar-refractivity contribution in [2.45, 2.75) is 52.1 Å². The number of aromatic nitrogens is 1. The number of aryl methyl sites for hydroxylation is 1. The number of benzene rings is 1. The summed E-state index contributed by atoms with van der Waals surface area (Å²) >= 11 is 0. The van der Waals surface area contributed by atoms with Crippen LogP contribution in [-0.2, 0) is 11.2 Å². The fourth-order valence-corrected chi connectivity index (χ4v) is 3.65. The summed E-state index contributed by atoms with van der Waals surface area (Å²) in [6, 6.07) is 8.50. The third kappa shape index (κ3) is 5.42. The lowest BCUT2D eigenvalue weighted by Crippen LogP contribution is -2.43. The van der Waals surface area contributed by atoms with Crippen LogP contribution in [-0.4, -0.2) is 48.1 Å². The fourth-order valence-electron chi connectivity index (χ4n) is 3.65. The highest BCUT2D eigenvalue weighted by Gasteiger charge is 2.22. The van der Waals surface area contributed by atoms with Gasteiger partial charge >= 0.3 is 0 Å². The molecule has 2 heterocycles. The van der Waals surface area contributed by atoms with Gasteiger partial charge in [-0.25, -0.2) is 0 Å². The number of pyridine rings is 1. The highest BCUT2D eigenvalue weighted by atomic mass is 16.5. The van der Waals surface area contributed by atoms with Crippen molar-refractivity contribution in [1.29, 1.82) is 0 Å². The largest absolute Gasteiger partial charge is 0.488 e. The quantitative estimate of drug-likeness (QED) is 0.773. The Kier molecular flexibility index (Phi) is 7.04. The number of fused-ring (bicyclic) bond motifs is 1. The van der Waals surface area contributed by atoms with Crippen LogP contribution < -0.4 is 10.1 Å². The van der Waals surface area contributed by atoms with Gasteiger partial charge in [-0.2, -0.15) is 0 Å². The lowest BCUT2D eigenvalue weighted by atomic mass is 10.0. The second-order valence-electron chi connectivity index (χ2n) is 7.32. The highest BCUT2D eigenvalue weighted by molar-refractivity contribution is 5.85. The average Bonchev–Trinajstić information content (AvgIpc) is 2.68. The second-order valence-corrected chi connectivity index (χ2v) is 7.32. The molecule has 0 spiro atoms. The van der Waals surface area contributed by atoms with E-state index in [0.717, 1.165) is 49.0 Å². The zero-order valence-corrected chi connectivity index (χ0v) is 16.5. The van der Waals surface area contributed by atoms with Crippen molar-refractivity contribution in [3.8, 4) is 5.75 Å². The summed E-state index contributed by atoms with van der Waals surface area (Å²) in [6.45, 7) is 7.12. The van der Waals surface area contributed by atoms with E-state index in [2.05, 4.69) is 40.3 Å². The molecule has 3 rings (SSSR count). The van der Waals surface area contributed by atoms with Gasteiger partial charge in [0.1, 0.15) is 17.4 Å². The molecule has 1 fully saturated rings. The van der Waals surface area contributed by atoms with E-state index in [1.165, 1.54) is 18.4 Å². The van der Waals surface area contributed by atoms with E-state index in [1.54, 1.807) is 0 Å². The maximum absolute atomic E-state index is 11.8. The summed E-state index contributed by atoms with van der Waals surface area (Å²) in [5.74, 6) is 1.01. The molecular weight excluding hydrogens is 338 g/mol. The van der Waals surface area contributed by atoms with Gasteiger partial charge in [-0.3, -0.25) is 14.7 Å². The topological polar surface area (TPSA) is 54.5 Å². The minimum atomic E-state index is 0.107. The monoisotopic (exact) mass is 369 g/mol. The fraction of sp³-hybridized carbons (Fsp3) is 0.545. The maximum atomic E-state index is 11.8. The summed E-state index contributed by atoms with van der Waals surface area (Å²) in [5.41, 5.74) is 2.27. The van der Waals surface area contributed by atoms with Crippen LogP contribution >= 0.6 is 0 Å². The predicted molar refractivity (Wildman–Crippen MR) is 109 cm³/mol. The van der Waals surface area contributed by atoms with Gasteiger partial charge in [0.05, 0.1) is 6.54 Å². The molecule has 0 saturated carbocycles. The number of amides is 1. The number of likely N-dealkylation sites (tertiary alicyclic amines) is 1. The van der Waals surface area contributed by atoms with Crippen molar-refractivity contribution < 1.29 is 9.53 Å². The number of nitrogens with zero attached hydrogens (tertiary/aromatic N) is 2. The number of hydrogen-bond donors (Lipinski definition) is 1. The van der Waals surface area contributed by atoms with Gasteiger partial charge in [0.2, 0.25) is 5.91 Å². The van der Waals surface area contributed by atoms with E-state index in [4.69, 9.17) is 4.74 Å². The minimum Gasteiger partial charge on any atom is -0.488 e. The molecule has 5 nitrogen and oxygen atoms in total. The van der Waals surface area contributed by atoms with Gasteiger partial charge in [-0.05, 0) is 56.4 Å². The molecule has 5 heteroatoms. The zero-order chi connectivity index (χ0) is 19.1. The van der Waals surface area contributed by atoms with E-state index in [1.807, 2.05) is 19.2 Å². The maximum Gasteiger partial charge on any atom is 0.234 e. The highest BCUT2D eigenvalue weighted by Crippen LogP contribution is 2.29. The first-order valence-corrected chi connectivity index (χ1v) is 10.2. The second kappa shape index (κ2) is 9.70. The smallest absolute Gasteiger partial charge is 0.234 e. The number of unbranched alkanes of at least 4 members (excludes halogenated alkanes) is 1. The van der Waals surface area contributed by atoms with E-state index in [9.17, 15) is 4.79 Å². The molecule has 0 bridgehead atoms. The summed E-state index contributed by atoms with van der Waals surface area (Å²) in [7, 11) is 0. The molecule has 0 unspecified atom stereocenters. The molecule has 0 radical (unpaired) electrons.